The maximum absolute atomic E-state index is 13.3. The van der Waals surface area contributed by atoms with Gasteiger partial charge >= 0.3 is 6.18 Å². The predicted octanol–water partition coefficient (Wildman–Crippen LogP) is 5.72. The zero-order chi connectivity index (χ0) is 23.0. The number of alkyl halides is 3. The van der Waals surface area contributed by atoms with Crippen LogP contribution in [0.5, 0.6) is 0 Å². The van der Waals surface area contributed by atoms with Crippen LogP contribution in [0.15, 0.2) is 78.5 Å². The normalized spacial score (nSPS) is 14.3. The van der Waals surface area contributed by atoms with Crippen LogP contribution in [0.4, 0.5) is 24.5 Å². The molecule has 162 valence electrons. The van der Waals surface area contributed by atoms with Crippen molar-refractivity contribution in [2.24, 2.45) is 0 Å². The molecule has 4 nitrogen and oxygen atoms in total. The van der Waals surface area contributed by atoms with Gasteiger partial charge in [-0.25, -0.2) is 4.90 Å². The number of carbonyl (C=O) groups is 2. The highest BCUT2D eigenvalue weighted by Crippen LogP contribution is 2.36. The molecule has 0 aliphatic carbocycles. The summed E-state index contributed by atoms with van der Waals surface area (Å²) in [5, 5.41) is 3.03. The fraction of sp³-hybridized carbons (Fsp3) is 0.120. The van der Waals surface area contributed by atoms with E-state index < -0.39 is 23.6 Å². The highest BCUT2D eigenvalue weighted by molar-refractivity contribution is 6.46. The van der Waals surface area contributed by atoms with Crippen molar-refractivity contribution in [1.29, 1.82) is 0 Å². The third-order valence-corrected chi connectivity index (χ3v) is 5.35. The van der Waals surface area contributed by atoms with Crippen LogP contribution in [0.2, 0.25) is 0 Å². The monoisotopic (exact) mass is 436 g/mol. The Balaban J connectivity index is 1.81. The summed E-state index contributed by atoms with van der Waals surface area (Å²) in [6.07, 6.45) is -4.60. The molecule has 1 aliphatic rings. The van der Waals surface area contributed by atoms with Crippen molar-refractivity contribution in [3.05, 3.63) is 101 Å². The van der Waals surface area contributed by atoms with Gasteiger partial charge in [0.05, 0.1) is 16.8 Å². The maximum Gasteiger partial charge on any atom is 0.416 e. The van der Waals surface area contributed by atoms with E-state index in [0.717, 1.165) is 28.2 Å². The van der Waals surface area contributed by atoms with Crippen molar-refractivity contribution in [3.8, 4) is 0 Å². The molecule has 1 aliphatic heterocycles. The van der Waals surface area contributed by atoms with Gasteiger partial charge in [0, 0.05) is 5.69 Å². The van der Waals surface area contributed by atoms with E-state index in [9.17, 15) is 22.8 Å². The standard InChI is InChI=1S/C25H19F3N2O2/c1-15-11-12-19(13-16(15)2)29-22-21(17-7-4-3-5-8-17)23(31)30(24(22)32)20-10-6-9-18(14-20)25(26,27)28/h3-14,29H,1-2H3. The quantitative estimate of drug-likeness (QED) is 0.533. The molecule has 0 saturated carbocycles. The van der Waals surface area contributed by atoms with E-state index in [1.807, 2.05) is 26.0 Å². The third-order valence-electron chi connectivity index (χ3n) is 5.35. The Bertz CT molecular complexity index is 1250. The van der Waals surface area contributed by atoms with Crippen LogP contribution in [0.1, 0.15) is 22.3 Å². The van der Waals surface area contributed by atoms with Crippen molar-refractivity contribution in [2.75, 3.05) is 10.2 Å². The van der Waals surface area contributed by atoms with Crippen LogP contribution in [0, 0.1) is 13.8 Å². The first-order valence-electron chi connectivity index (χ1n) is 9.87. The molecule has 7 heteroatoms. The lowest BCUT2D eigenvalue weighted by atomic mass is 10.0. The Morgan fingerprint density at radius 3 is 2.16 bits per heavy atom. The summed E-state index contributed by atoms with van der Waals surface area (Å²) in [4.78, 5) is 27.4. The van der Waals surface area contributed by atoms with Crippen LogP contribution in [0.25, 0.3) is 5.57 Å². The Morgan fingerprint density at radius 1 is 0.781 bits per heavy atom. The molecular weight excluding hydrogens is 417 g/mol. The van der Waals surface area contributed by atoms with Gasteiger partial charge in [-0.05, 0) is 60.9 Å². The molecule has 32 heavy (non-hydrogen) atoms. The second-order valence-electron chi connectivity index (χ2n) is 7.53. The molecule has 2 amide bonds. The molecule has 0 spiro atoms. The highest BCUT2D eigenvalue weighted by Gasteiger charge is 2.41. The van der Waals surface area contributed by atoms with Gasteiger partial charge in [0.25, 0.3) is 11.8 Å². The lowest BCUT2D eigenvalue weighted by Gasteiger charge is -2.17. The average molecular weight is 436 g/mol. The predicted molar refractivity (Wildman–Crippen MR) is 117 cm³/mol. The van der Waals surface area contributed by atoms with Crippen molar-refractivity contribution < 1.29 is 22.8 Å². The number of aryl methyl sites for hydroxylation is 2. The number of imide groups is 1. The van der Waals surface area contributed by atoms with Crippen LogP contribution in [0.3, 0.4) is 0 Å². The zero-order valence-corrected chi connectivity index (χ0v) is 17.3. The maximum atomic E-state index is 13.3. The zero-order valence-electron chi connectivity index (χ0n) is 17.3. The second-order valence-corrected chi connectivity index (χ2v) is 7.53. The van der Waals surface area contributed by atoms with Crippen LogP contribution < -0.4 is 10.2 Å². The van der Waals surface area contributed by atoms with Crippen LogP contribution in [-0.2, 0) is 15.8 Å². The second kappa shape index (κ2) is 8.00. The van der Waals surface area contributed by atoms with E-state index >= 15 is 0 Å². The Morgan fingerprint density at radius 2 is 1.50 bits per heavy atom. The molecule has 4 rings (SSSR count). The van der Waals surface area contributed by atoms with E-state index in [4.69, 9.17) is 0 Å². The number of carbonyl (C=O) groups excluding carboxylic acids is 2. The number of hydrogen-bond donors (Lipinski definition) is 1. The fourth-order valence-electron chi connectivity index (χ4n) is 3.54. The number of benzene rings is 3. The lowest BCUT2D eigenvalue weighted by Crippen LogP contribution is -2.32. The van der Waals surface area contributed by atoms with Gasteiger partial charge in [-0.15, -0.1) is 0 Å². The SMILES string of the molecule is Cc1ccc(NC2=C(c3ccccc3)C(=O)N(c3cccc(C(F)(F)F)c3)C2=O)cc1C. The van der Waals surface area contributed by atoms with E-state index in [-0.39, 0.29) is 17.0 Å². The fourth-order valence-corrected chi connectivity index (χ4v) is 3.54. The molecule has 0 aromatic heterocycles. The minimum absolute atomic E-state index is 0.0156. The Hall–Kier alpha value is -3.87. The van der Waals surface area contributed by atoms with Gasteiger partial charge in [-0.3, -0.25) is 9.59 Å². The highest BCUT2D eigenvalue weighted by atomic mass is 19.4. The minimum atomic E-state index is -4.60. The molecule has 0 saturated heterocycles. The minimum Gasteiger partial charge on any atom is -0.350 e. The Kier molecular flexibility index (Phi) is 5.34. The summed E-state index contributed by atoms with van der Waals surface area (Å²) in [5.41, 5.74) is 2.19. The molecule has 1 N–H and O–H groups in total. The number of halogens is 3. The largest absolute Gasteiger partial charge is 0.416 e. The first-order valence-corrected chi connectivity index (χ1v) is 9.87. The summed E-state index contributed by atoms with van der Waals surface area (Å²) in [5.74, 6) is -1.40. The van der Waals surface area contributed by atoms with Gasteiger partial charge in [-0.2, -0.15) is 13.2 Å². The van der Waals surface area contributed by atoms with Gasteiger partial charge in [0.1, 0.15) is 5.70 Å². The summed E-state index contributed by atoms with van der Waals surface area (Å²) < 4.78 is 39.6. The van der Waals surface area contributed by atoms with Crippen LogP contribution >= 0.6 is 0 Å². The molecule has 0 radical (unpaired) electrons. The molecule has 1 heterocycles. The molecule has 3 aromatic rings. The molecule has 0 unspecified atom stereocenters. The number of nitrogens with one attached hydrogen (secondary N) is 1. The van der Waals surface area contributed by atoms with Gasteiger partial charge in [0.15, 0.2) is 0 Å². The topological polar surface area (TPSA) is 49.4 Å². The molecule has 0 bridgehead atoms. The number of anilines is 2. The van der Waals surface area contributed by atoms with Crippen molar-refractivity contribution in [3.63, 3.8) is 0 Å². The van der Waals surface area contributed by atoms with E-state index in [2.05, 4.69) is 5.32 Å². The molecule has 0 fully saturated rings. The van der Waals surface area contributed by atoms with E-state index in [1.165, 1.54) is 12.1 Å². The summed E-state index contributed by atoms with van der Waals surface area (Å²) in [6, 6.07) is 18.3. The van der Waals surface area contributed by atoms with Crippen molar-refractivity contribution >= 4 is 28.8 Å². The number of hydrogen-bond acceptors (Lipinski definition) is 3. The average Bonchev–Trinajstić information content (AvgIpc) is 3.00. The first-order chi connectivity index (χ1) is 15.2. The van der Waals surface area contributed by atoms with Crippen LogP contribution in [-0.4, -0.2) is 11.8 Å². The smallest absolute Gasteiger partial charge is 0.350 e. The van der Waals surface area contributed by atoms with Gasteiger partial charge < -0.3 is 5.32 Å². The lowest BCUT2D eigenvalue weighted by molar-refractivity contribution is -0.137. The van der Waals surface area contributed by atoms with Crippen molar-refractivity contribution in [2.45, 2.75) is 20.0 Å². The van der Waals surface area contributed by atoms with E-state index in [0.29, 0.717) is 11.3 Å². The summed E-state index contributed by atoms with van der Waals surface area (Å²) >= 11 is 0. The molecular formula is C25H19F3N2O2. The van der Waals surface area contributed by atoms with Gasteiger partial charge in [0.2, 0.25) is 0 Å². The third kappa shape index (κ3) is 3.89. The molecule has 3 aromatic carbocycles. The van der Waals surface area contributed by atoms with E-state index in [1.54, 1.807) is 36.4 Å². The van der Waals surface area contributed by atoms with Gasteiger partial charge in [-0.1, -0.05) is 42.5 Å². The summed E-state index contributed by atoms with van der Waals surface area (Å²) in [6.45, 7) is 3.87. The summed E-state index contributed by atoms with van der Waals surface area (Å²) in [7, 11) is 0. The number of nitrogens with zero attached hydrogens (tertiary/aromatic N) is 1. The number of amides is 2. The first kappa shape index (κ1) is 21.4. The Labute approximate surface area is 183 Å². The number of rotatable bonds is 4. The molecule has 0 atom stereocenters. The van der Waals surface area contributed by atoms with Crippen molar-refractivity contribution in [1.82, 2.24) is 0 Å².